The molecule has 5 heteroatoms. The number of fused-ring (bicyclic) bond motifs is 7. The van der Waals surface area contributed by atoms with Crippen LogP contribution in [-0.2, 0) is 6.54 Å². The predicted molar refractivity (Wildman–Crippen MR) is 121 cm³/mol. The predicted octanol–water partition coefficient (Wildman–Crippen LogP) is 4.20. The van der Waals surface area contributed by atoms with Crippen LogP contribution in [0.4, 0.5) is 0 Å². The number of hydrogen-bond acceptors (Lipinski definition) is 5. The number of phenolic OH excluding ortho intramolecular Hbond substituents is 1. The van der Waals surface area contributed by atoms with Gasteiger partial charge < -0.3 is 9.52 Å². The molecule has 1 aromatic heterocycles. The topological polar surface area (TPSA) is 56.9 Å². The molecule has 3 aliphatic heterocycles. The van der Waals surface area contributed by atoms with E-state index >= 15 is 0 Å². The number of aryl methyl sites for hydroxylation is 1. The number of phenols is 1. The molecule has 164 valence electrons. The van der Waals surface area contributed by atoms with Gasteiger partial charge in [0.25, 0.3) is 0 Å². The molecule has 2 aromatic rings. The number of nitrogens with zero attached hydrogens (tertiary/aromatic N) is 2. The Kier molecular flexibility index (Phi) is 4.73. The summed E-state index contributed by atoms with van der Waals surface area (Å²) in [5.41, 5.74) is 3.48. The van der Waals surface area contributed by atoms with Crippen LogP contribution >= 0.6 is 0 Å². The van der Waals surface area contributed by atoms with E-state index in [0.717, 1.165) is 41.4 Å². The molecule has 1 N–H and O–H groups in total. The van der Waals surface area contributed by atoms with Gasteiger partial charge in [-0.25, -0.2) is 4.79 Å². The molecule has 1 aromatic carbocycles. The first-order valence-corrected chi connectivity index (χ1v) is 12.0. The number of aromatic hydroxyl groups is 1. The van der Waals surface area contributed by atoms with Crippen molar-refractivity contribution >= 4 is 11.0 Å². The number of likely N-dealkylation sites (tertiary alicyclic amines) is 1. The second-order valence-corrected chi connectivity index (χ2v) is 10.2. The number of rotatable bonds is 2. The molecule has 6 rings (SSSR count). The number of hydrogen-bond donors (Lipinski definition) is 1. The van der Waals surface area contributed by atoms with Gasteiger partial charge in [0.15, 0.2) is 0 Å². The molecule has 4 atom stereocenters. The highest BCUT2D eigenvalue weighted by atomic mass is 16.4. The zero-order valence-corrected chi connectivity index (χ0v) is 18.3. The monoisotopic (exact) mass is 420 g/mol. The fraction of sp³-hybridized carbons (Fsp3) is 0.577. The van der Waals surface area contributed by atoms with E-state index in [0.29, 0.717) is 24.1 Å². The first-order chi connectivity index (χ1) is 15.1. The minimum absolute atomic E-state index is 0.228. The molecule has 3 unspecified atom stereocenters. The van der Waals surface area contributed by atoms with Gasteiger partial charge in [-0.2, -0.15) is 0 Å². The molecule has 2 bridgehead atoms. The lowest BCUT2D eigenvalue weighted by Gasteiger charge is -2.54. The van der Waals surface area contributed by atoms with Gasteiger partial charge in [-0.05, 0) is 81.6 Å². The van der Waals surface area contributed by atoms with Gasteiger partial charge in [-0.1, -0.05) is 18.1 Å². The molecule has 4 aliphatic rings. The van der Waals surface area contributed by atoms with E-state index in [-0.39, 0.29) is 11.4 Å². The van der Waals surface area contributed by atoms with Gasteiger partial charge in [-0.15, -0.1) is 0 Å². The maximum Gasteiger partial charge on any atom is 0.336 e. The summed E-state index contributed by atoms with van der Waals surface area (Å²) in [5.74, 6) is 1.60. The molecular formula is C26H32N2O3. The van der Waals surface area contributed by atoms with Crippen molar-refractivity contribution in [2.75, 3.05) is 19.6 Å². The summed E-state index contributed by atoms with van der Waals surface area (Å²) in [6, 6.07) is 6.34. The van der Waals surface area contributed by atoms with E-state index in [1.807, 2.05) is 13.0 Å². The second kappa shape index (κ2) is 7.49. The Morgan fingerprint density at radius 3 is 3.00 bits per heavy atom. The third kappa shape index (κ3) is 3.25. The smallest absolute Gasteiger partial charge is 0.336 e. The highest BCUT2D eigenvalue weighted by Gasteiger charge is 2.45. The van der Waals surface area contributed by atoms with E-state index in [4.69, 9.17) is 4.42 Å². The maximum absolute atomic E-state index is 12.1. The summed E-state index contributed by atoms with van der Waals surface area (Å²) in [6.07, 6.45) is 10.4. The van der Waals surface area contributed by atoms with Crippen LogP contribution in [0.5, 0.6) is 5.75 Å². The first-order valence-electron chi connectivity index (χ1n) is 12.0. The van der Waals surface area contributed by atoms with E-state index in [9.17, 15) is 9.90 Å². The Labute approximate surface area is 183 Å². The van der Waals surface area contributed by atoms with Crippen LogP contribution in [-0.4, -0.2) is 46.6 Å². The van der Waals surface area contributed by atoms with Gasteiger partial charge in [0.1, 0.15) is 11.3 Å². The number of benzene rings is 1. The van der Waals surface area contributed by atoms with E-state index in [2.05, 4.69) is 15.9 Å². The Morgan fingerprint density at radius 2 is 2.10 bits per heavy atom. The van der Waals surface area contributed by atoms with Crippen molar-refractivity contribution in [3.05, 3.63) is 51.4 Å². The molecule has 4 heterocycles. The van der Waals surface area contributed by atoms with Crippen molar-refractivity contribution in [2.24, 2.45) is 11.8 Å². The standard InChI is InChI=1S/C26H32N2O3/c1-16-11-24(30)31-26-20(16)7-8-23(29)21(26)15-28-10-4-5-17-12-18-13-19(25(17)28)14-27-9-3-2-6-22(18)27/h7-8,11-12,18-19,22,25,29H,2-6,9-10,13-15H2,1H3/t18?,19?,22?,25-/m1/s1. The first kappa shape index (κ1) is 19.6. The molecule has 3 saturated heterocycles. The molecule has 0 amide bonds. The zero-order chi connectivity index (χ0) is 21.1. The minimum Gasteiger partial charge on any atom is -0.507 e. The molecule has 3 fully saturated rings. The molecule has 1 aliphatic carbocycles. The average Bonchev–Trinajstić information content (AvgIpc) is 2.76. The molecule has 5 nitrogen and oxygen atoms in total. The van der Waals surface area contributed by atoms with E-state index in [1.54, 1.807) is 11.6 Å². The molecule has 0 saturated carbocycles. The highest BCUT2D eigenvalue weighted by molar-refractivity contribution is 5.84. The van der Waals surface area contributed by atoms with Crippen molar-refractivity contribution in [3.8, 4) is 5.75 Å². The summed E-state index contributed by atoms with van der Waals surface area (Å²) in [7, 11) is 0. The Bertz CT molecular complexity index is 1100. The van der Waals surface area contributed by atoms with Crippen molar-refractivity contribution < 1.29 is 9.52 Å². The third-order valence-corrected chi connectivity index (χ3v) is 8.32. The van der Waals surface area contributed by atoms with Crippen molar-refractivity contribution in [2.45, 2.75) is 64.1 Å². The second-order valence-electron chi connectivity index (χ2n) is 10.2. The lowest BCUT2D eigenvalue weighted by Crippen LogP contribution is -2.59. The van der Waals surface area contributed by atoms with Crippen molar-refractivity contribution in [3.63, 3.8) is 0 Å². The highest BCUT2D eigenvalue weighted by Crippen LogP contribution is 2.45. The molecular weight excluding hydrogens is 388 g/mol. The van der Waals surface area contributed by atoms with Gasteiger partial charge >= 0.3 is 5.63 Å². The van der Waals surface area contributed by atoms with Gasteiger partial charge in [0, 0.05) is 36.6 Å². The quantitative estimate of drug-likeness (QED) is 0.583. The summed E-state index contributed by atoms with van der Waals surface area (Å²) >= 11 is 0. The van der Waals surface area contributed by atoms with Gasteiger partial charge in [-0.3, -0.25) is 9.80 Å². The average molecular weight is 421 g/mol. The summed E-state index contributed by atoms with van der Waals surface area (Å²) in [4.78, 5) is 17.4. The van der Waals surface area contributed by atoms with Gasteiger partial charge in [0.05, 0.1) is 5.56 Å². The lowest BCUT2D eigenvalue weighted by atomic mass is 9.68. The maximum atomic E-state index is 12.1. The van der Waals surface area contributed by atoms with E-state index < -0.39 is 0 Å². The summed E-state index contributed by atoms with van der Waals surface area (Å²) in [5, 5.41) is 11.7. The largest absolute Gasteiger partial charge is 0.507 e. The zero-order valence-electron chi connectivity index (χ0n) is 18.3. The van der Waals surface area contributed by atoms with Crippen LogP contribution < -0.4 is 5.63 Å². The lowest BCUT2D eigenvalue weighted by molar-refractivity contribution is -0.00274. The summed E-state index contributed by atoms with van der Waals surface area (Å²) in [6.45, 7) is 6.04. The van der Waals surface area contributed by atoms with Gasteiger partial charge in [0.2, 0.25) is 0 Å². The van der Waals surface area contributed by atoms with Crippen LogP contribution in [0.1, 0.15) is 49.7 Å². The van der Waals surface area contributed by atoms with Crippen LogP contribution in [0, 0.1) is 18.8 Å². The Morgan fingerprint density at radius 1 is 1.19 bits per heavy atom. The molecule has 31 heavy (non-hydrogen) atoms. The molecule has 0 radical (unpaired) electrons. The van der Waals surface area contributed by atoms with E-state index in [1.165, 1.54) is 51.3 Å². The normalized spacial score (nSPS) is 31.2. The fourth-order valence-electron chi connectivity index (χ4n) is 7.05. The van der Waals surface area contributed by atoms with Crippen LogP contribution in [0.25, 0.3) is 11.0 Å². The van der Waals surface area contributed by atoms with Crippen molar-refractivity contribution in [1.82, 2.24) is 9.80 Å². The number of piperidine rings is 3. The Balaban J connectivity index is 1.37. The summed E-state index contributed by atoms with van der Waals surface area (Å²) < 4.78 is 5.62. The minimum atomic E-state index is -0.347. The SMILES string of the molecule is Cc1cc(=O)oc2c(CN3CCCC4=CC5CC(CN6CCCCC56)[C@@H]43)c(O)ccc12. The fourth-order valence-corrected chi connectivity index (χ4v) is 7.05. The van der Waals surface area contributed by atoms with Crippen LogP contribution in [0.15, 0.2) is 39.1 Å². The Hall–Kier alpha value is -2.11. The van der Waals surface area contributed by atoms with Crippen molar-refractivity contribution in [1.29, 1.82) is 0 Å². The van der Waals surface area contributed by atoms with Crippen LogP contribution in [0.3, 0.4) is 0 Å². The molecule has 0 spiro atoms. The third-order valence-electron chi connectivity index (χ3n) is 8.32. The van der Waals surface area contributed by atoms with Crippen LogP contribution in [0.2, 0.25) is 0 Å².